The van der Waals surface area contributed by atoms with Crippen molar-refractivity contribution in [3.05, 3.63) is 36.0 Å². The van der Waals surface area contributed by atoms with Crippen molar-refractivity contribution in [1.29, 1.82) is 0 Å². The highest BCUT2D eigenvalue weighted by Gasteiger charge is 2.05. The molecule has 317 valence electrons. The normalized spacial score (nSPS) is 11.6. The van der Waals surface area contributed by atoms with E-state index in [2.05, 4.69) is 32.9 Å². The van der Waals surface area contributed by atoms with Gasteiger partial charge in [0, 0.05) is 11.4 Å². The number of aromatic nitrogens is 1. The van der Waals surface area contributed by atoms with E-state index in [9.17, 15) is 0 Å². The molecule has 0 saturated heterocycles. The number of unbranched alkanes of at least 4 members (excludes halogenated alkanes) is 39. The molecular weight excluding hydrogens is 651 g/mol. The summed E-state index contributed by atoms with van der Waals surface area (Å²) in [5, 5.41) is 0. The van der Waals surface area contributed by atoms with Crippen LogP contribution in [0.3, 0.4) is 0 Å². The zero-order chi connectivity index (χ0) is 38.7. The second-order valence-electron chi connectivity index (χ2n) is 17.9. The predicted octanol–water partition coefficient (Wildman–Crippen LogP) is 19.0. The van der Waals surface area contributed by atoms with Gasteiger partial charge in [0.05, 0.1) is 0 Å². The molecule has 0 atom stereocenters. The summed E-state index contributed by atoms with van der Waals surface area (Å²) in [6, 6.07) is 4.85. The van der Waals surface area contributed by atoms with Gasteiger partial charge in [0.1, 0.15) is 0 Å². The molecule has 1 radical (unpaired) electrons. The minimum atomic E-state index is 1.03. The maximum Gasteiger partial charge on any atom is 0.0409 e. The van der Waals surface area contributed by atoms with Gasteiger partial charge in [-0.1, -0.05) is 271 Å². The van der Waals surface area contributed by atoms with Crippen LogP contribution in [0.4, 0.5) is 0 Å². The van der Waals surface area contributed by atoms with Gasteiger partial charge in [0.2, 0.25) is 0 Å². The van der Waals surface area contributed by atoms with Gasteiger partial charge in [0.25, 0.3) is 0 Å². The molecule has 0 aliphatic carbocycles. The van der Waals surface area contributed by atoms with Gasteiger partial charge in [0.15, 0.2) is 0 Å². The van der Waals surface area contributed by atoms with Crippen LogP contribution in [0.2, 0.25) is 0 Å². The number of aryl methyl sites for hydroxylation is 3. The third-order valence-electron chi connectivity index (χ3n) is 12.3. The van der Waals surface area contributed by atoms with Gasteiger partial charge in [-0.15, -0.1) is 0 Å². The molecule has 54 heavy (non-hydrogen) atoms. The second-order valence-corrected chi connectivity index (χ2v) is 17.9. The van der Waals surface area contributed by atoms with Crippen molar-refractivity contribution in [2.24, 2.45) is 0 Å². The van der Waals surface area contributed by atoms with Crippen LogP contribution in [0, 0.1) is 6.92 Å². The smallest absolute Gasteiger partial charge is 0.0409 e. The first-order valence-electron chi connectivity index (χ1n) is 25.6. The second kappa shape index (κ2) is 43.3. The highest BCUT2D eigenvalue weighted by Crippen LogP contribution is 2.19. The van der Waals surface area contributed by atoms with E-state index < -0.39 is 0 Å². The Balaban J connectivity index is 1.99. The van der Waals surface area contributed by atoms with E-state index in [1.807, 2.05) is 0 Å². The number of hydrogen-bond acceptors (Lipinski definition) is 1. The first-order valence-corrected chi connectivity index (χ1v) is 25.6. The van der Waals surface area contributed by atoms with Crippen molar-refractivity contribution in [3.8, 4) is 0 Å². The van der Waals surface area contributed by atoms with Gasteiger partial charge < -0.3 is 0 Å². The Kier molecular flexibility index (Phi) is 41.0. The lowest BCUT2D eigenvalue weighted by molar-refractivity contribution is 0.521. The summed E-state index contributed by atoms with van der Waals surface area (Å²) in [6.45, 7) is 8.72. The molecule has 0 amide bonds. The van der Waals surface area contributed by atoms with Crippen LogP contribution in [0.15, 0.2) is 12.1 Å². The topological polar surface area (TPSA) is 12.9 Å². The molecule has 0 saturated carbocycles. The standard InChI is InChI=1S/C53H100N/c1-4-7-10-12-14-16-18-20-22-24-26-28-30-32-34-36-38-40-42-44-47-52-49-51(46-9-6-3)50-53(54-52)48-45-43-41-39-37-35-33-31-29-27-25-23-21-19-17-15-13-11-8-5-2/h49-50H,3-48H2,1-2H3. The third-order valence-corrected chi connectivity index (χ3v) is 12.3. The SMILES string of the molecule is [CH2]CCCc1cc(CCCCCCCCCCCCCCCCCCCCCC)nc(CCCCCCCCCCCCCCCCCCCCCC)c1. The monoisotopic (exact) mass is 751 g/mol. The lowest BCUT2D eigenvalue weighted by Crippen LogP contribution is -2.00. The van der Waals surface area contributed by atoms with E-state index in [0.717, 1.165) is 6.42 Å². The molecule has 1 aromatic rings. The van der Waals surface area contributed by atoms with Gasteiger partial charge in [-0.05, 0) is 56.2 Å². The van der Waals surface area contributed by atoms with Crippen molar-refractivity contribution in [1.82, 2.24) is 4.98 Å². The molecule has 0 N–H and O–H groups in total. The van der Waals surface area contributed by atoms with Crippen LogP contribution in [-0.4, -0.2) is 4.98 Å². The summed E-state index contributed by atoms with van der Waals surface area (Å²) >= 11 is 0. The fourth-order valence-electron chi connectivity index (χ4n) is 8.57. The molecule has 1 rings (SSSR count). The minimum Gasteiger partial charge on any atom is -0.258 e. The van der Waals surface area contributed by atoms with Crippen LogP contribution in [0.1, 0.15) is 300 Å². The molecule has 0 aliphatic heterocycles. The molecule has 0 unspecified atom stereocenters. The zero-order valence-electron chi connectivity index (χ0n) is 37.6. The molecule has 1 nitrogen and oxygen atoms in total. The van der Waals surface area contributed by atoms with Crippen LogP contribution in [0.5, 0.6) is 0 Å². The molecule has 1 heterocycles. The number of nitrogens with zero attached hydrogens (tertiary/aromatic N) is 1. The lowest BCUT2D eigenvalue weighted by Gasteiger charge is -2.10. The van der Waals surface area contributed by atoms with Crippen molar-refractivity contribution in [2.75, 3.05) is 0 Å². The maximum absolute atomic E-state index is 5.17. The third kappa shape index (κ3) is 36.8. The van der Waals surface area contributed by atoms with E-state index in [1.165, 1.54) is 299 Å². The Morgan fingerprint density at radius 1 is 0.296 bits per heavy atom. The van der Waals surface area contributed by atoms with Crippen LogP contribution >= 0.6 is 0 Å². The summed E-state index contributed by atoms with van der Waals surface area (Å²) in [7, 11) is 0. The van der Waals surface area contributed by atoms with E-state index in [0.29, 0.717) is 0 Å². The average Bonchev–Trinajstić information content (AvgIpc) is 3.18. The van der Waals surface area contributed by atoms with Crippen molar-refractivity contribution >= 4 is 0 Å². The van der Waals surface area contributed by atoms with E-state index in [1.54, 1.807) is 0 Å². The Bertz CT molecular complexity index is 781. The summed E-state index contributed by atoms with van der Waals surface area (Å²) in [6.07, 6.45) is 63.5. The fraction of sp³-hybridized carbons (Fsp3) is 0.887. The zero-order valence-corrected chi connectivity index (χ0v) is 37.6. The summed E-state index contributed by atoms with van der Waals surface area (Å²) in [5.41, 5.74) is 4.24. The quantitative estimate of drug-likeness (QED) is 0.0605. The van der Waals surface area contributed by atoms with Gasteiger partial charge in [-0.25, -0.2) is 0 Å². The summed E-state index contributed by atoms with van der Waals surface area (Å²) < 4.78 is 0. The van der Waals surface area contributed by atoms with E-state index in [-0.39, 0.29) is 0 Å². The van der Waals surface area contributed by atoms with E-state index >= 15 is 0 Å². The molecule has 0 fully saturated rings. The Morgan fingerprint density at radius 2 is 0.519 bits per heavy atom. The molecule has 0 bridgehead atoms. The molecule has 1 aromatic heterocycles. The largest absolute Gasteiger partial charge is 0.258 e. The van der Waals surface area contributed by atoms with Crippen LogP contribution in [0.25, 0.3) is 0 Å². The van der Waals surface area contributed by atoms with Crippen LogP contribution in [-0.2, 0) is 19.3 Å². The Hall–Kier alpha value is -0.850. The highest BCUT2D eigenvalue weighted by atomic mass is 14.7. The van der Waals surface area contributed by atoms with Crippen molar-refractivity contribution in [3.63, 3.8) is 0 Å². The van der Waals surface area contributed by atoms with Gasteiger partial charge >= 0.3 is 0 Å². The molecule has 0 aliphatic rings. The van der Waals surface area contributed by atoms with Crippen LogP contribution < -0.4 is 0 Å². The summed E-state index contributed by atoms with van der Waals surface area (Å²) in [4.78, 5) is 5.17. The molecule has 0 spiro atoms. The van der Waals surface area contributed by atoms with Crippen molar-refractivity contribution < 1.29 is 0 Å². The lowest BCUT2D eigenvalue weighted by atomic mass is 10.0. The first kappa shape index (κ1) is 51.2. The fourth-order valence-corrected chi connectivity index (χ4v) is 8.57. The maximum atomic E-state index is 5.17. The van der Waals surface area contributed by atoms with Gasteiger partial charge in [-0.2, -0.15) is 0 Å². The first-order chi connectivity index (χ1) is 26.8. The minimum absolute atomic E-state index is 1.03. The average molecular weight is 751 g/mol. The number of hydrogen-bond donors (Lipinski definition) is 0. The molecule has 0 aromatic carbocycles. The molecular formula is C53H100N. The van der Waals surface area contributed by atoms with E-state index in [4.69, 9.17) is 4.98 Å². The van der Waals surface area contributed by atoms with Crippen molar-refractivity contribution in [2.45, 2.75) is 303 Å². The van der Waals surface area contributed by atoms with Gasteiger partial charge in [-0.3, -0.25) is 4.98 Å². The summed E-state index contributed by atoms with van der Waals surface area (Å²) in [5.74, 6) is 0. The number of rotatable bonds is 45. The molecule has 1 heteroatoms. The Labute approximate surface area is 342 Å². The number of pyridine rings is 1. The Morgan fingerprint density at radius 3 is 0.741 bits per heavy atom. The predicted molar refractivity (Wildman–Crippen MR) is 246 cm³/mol. The highest BCUT2D eigenvalue weighted by molar-refractivity contribution is 5.22.